The Bertz CT molecular complexity index is 562. The van der Waals surface area contributed by atoms with Gasteiger partial charge in [-0.3, -0.25) is 0 Å². The van der Waals surface area contributed by atoms with Gasteiger partial charge >= 0.3 is 0 Å². The molecule has 120 valence electrons. The molecule has 0 aromatic heterocycles. The van der Waals surface area contributed by atoms with Crippen LogP contribution in [0.5, 0.6) is 0 Å². The molecule has 0 amide bonds. The van der Waals surface area contributed by atoms with E-state index in [0.717, 1.165) is 30.9 Å². The number of thiocarbonyl (C=S) groups is 2. The van der Waals surface area contributed by atoms with Crippen molar-refractivity contribution in [1.29, 1.82) is 0 Å². The third-order valence-electron chi connectivity index (χ3n) is 2.99. The molecule has 0 aliphatic rings. The minimum atomic E-state index is 0.626. The molecule has 0 saturated carbocycles. The molecule has 0 bridgehead atoms. The Hall–Kier alpha value is -2.18. The van der Waals surface area contributed by atoms with E-state index in [2.05, 4.69) is 21.3 Å². The highest BCUT2D eigenvalue weighted by Gasteiger charge is 1.98. The van der Waals surface area contributed by atoms with Gasteiger partial charge in [0.05, 0.1) is 0 Å². The van der Waals surface area contributed by atoms with Gasteiger partial charge in [0, 0.05) is 24.5 Å². The zero-order valence-electron chi connectivity index (χ0n) is 12.7. The minimum Gasteiger partial charge on any atom is -0.362 e. The largest absolute Gasteiger partial charge is 0.362 e. The summed E-state index contributed by atoms with van der Waals surface area (Å²) in [6.07, 6.45) is 0.910. The summed E-state index contributed by atoms with van der Waals surface area (Å²) in [7, 11) is 0. The monoisotopic (exact) mass is 344 g/mol. The second kappa shape index (κ2) is 9.76. The fourth-order valence-corrected chi connectivity index (χ4v) is 2.33. The summed E-state index contributed by atoms with van der Waals surface area (Å²) in [6.45, 7) is 1.55. The Labute approximate surface area is 147 Å². The van der Waals surface area contributed by atoms with E-state index in [-0.39, 0.29) is 0 Å². The lowest BCUT2D eigenvalue weighted by molar-refractivity contribution is 0.748. The maximum absolute atomic E-state index is 5.24. The maximum Gasteiger partial charge on any atom is 0.170 e. The quantitative estimate of drug-likeness (QED) is 0.476. The fourth-order valence-electron chi connectivity index (χ4n) is 1.89. The van der Waals surface area contributed by atoms with Gasteiger partial charge in [-0.05, 0) is 55.1 Å². The third kappa shape index (κ3) is 7.08. The van der Waals surface area contributed by atoms with Gasteiger partial charge in [-0.2, -0.15) is 0 Å². The second-order valence-electron chi connectivity index (χ2n) is 4.85. The highest BCUT2D eigenvalue weighted by molar-refractivity contribution is 7.80. The van der Waals surface area contributed by atoms with Crippen molar-refractivity contribution in [2.24, 2.45) is 0 Å². The highest BCUT2D eigenvalue weighted by Crippen LogP contribution is 2.05. The summed E-state index contributed by atoms with van der Waals surface area (Å²) in [5, 5.41) is 13.9. The summed E-state index contributed by atoms with van der Waals surface area (Å²) >= 11 is 10.5. The lowest BCUT2D eigenvalue weighted by Crippen LogP contribution is -2.33. The molecule has 0 atom stereocenters. The molecular formula is C17H20N4S2. The topological polar surface area (TPSA) is 48.1 Å². The first-order chi connectivity index (χ1) is 11.2. The molecule has 4 nitrogen and oxygen atoms in total. The Morgan fingerprint density at radius 1 is 0.652 bits per heavy atom. The number of anilines is 2. The minimum absolute atomic E-state index is 0.626. The number of hydrogen-bond donors (Lipinski definition) is 4. The molecule has 6 heteroatoms. The Balaban J connectivity index is 1.55. The van der Waals surface area contributed by atoms with Crippen LogP contribution >= 0.6 is 24.4 Å². The number of rotatable bonds is 6. The first-order valence-corrected chi connectivity index (χ1v) is 8.25. The van der Waals surface area contributed by atoms with Crippen molar-refractivity contribution in [3.63, 3.8) is 0 Å². The molecular weight excluding hydrogens is 324 g/mol. The molecule has 0 saturated heterocycles. The predicted molar refractivity (Wildman–Crippen MR) is 106 cm³/mol. The second-order valence-corrected chi connectivity index (χ2v) is 5.66. The zero-order chi connectivity index (χ0) is 16.3. The SMILES string of the molecule is S=C(NCCCNC(=S)Nc1ccccc1)Nc1ccccc1. The molecule has 0 unspecified atom stereocenters. The molecule has 0 spiro atoms. The maximum atomic E-state index is 5.24. The van der Waals surface area contributed by atoms with Crippen LogP contribution in [0.4, 0.5) is 11.4 Å². The number of para-hydroxylation sites is 2. The summed E-state index contributed by atoms with van der Waals surface area (Å²) in [5.74, 6) is 0. The third-order valence-corrected chi connectivity index (χ3v) is 3.48. The van der Waals surface area contributed by atoms with Crippen LogP contribution in [-0.2, 0) is 0 Å². The van der Waals surface area contributed by atoms with Gasteiger partial charge in [0.1, 0.15) is 0 Å². The van der Waals surface area contributed by atoms with Crippen LogP contribution in [0.25, 0.3) is 0 Å². The summed E-state index contributed by atoms with van der Waals surface area (Å²) in [4.78, 5) is 0. The van der Waals surface area contributed by atoms with Crippen LogP contribution in [-0.4, -0.2) is 23.3 Å². The van der Waals surface area contributed by atoms with Gasteiger partial charge in [-0.15, -0.1) is 0 Å². The van der Waals surface area contributed by atoms with Gasteiger partial charge < -0.3 is 21.3 Å². The van der Waals surface area contributed by atoms with E-state index in [1.807, 2.05) is 60.7 Å². The molecule has 0 radical (unpaired) electrons. The van der Waals surface area contributed by atoms with E-state index in [4.69, 9.17) is 24.4 Å². The summed E-state index contributed by atoms with van der Waals surface area (Å²) in [5.41, 5.74) is 1.97. The average Bonchev–Trinajstić information content (AvgIpc) is 2.56. The lowest BCUT2D eigenvalue weighted by Gasteiger charge is -2.12. The van der Waals surface area contributed by atoms with E-state index >= 15 is 0 Å². The molecule has 2 aromatic carbocycles. The van der Waals surface area contributed by atoms with Crippen LogP contribution in [0.2, 0.25) is 0 Å². The number of benzene rings is 2. The van der Waals surface area contributed by atoms with E-state index in [1.165, 1.54) is 0 Å². The van der Waals surface area contributed by atoms with Gasteiger partial charge in [-0.25, -0.2) is 0 Å². The Kier molecular flexibility index (Phi) is 7.29. The standard InChI is InChI=1S/C17H20N4S2/c22-16(20-14-8-3-1-4-9-14)18-12-7-13-19-17(23)21-15-10-5-2-6-11-15/h1-6,8-11H,7,12-13H2,(H2,18,20,22)(H2,19,21,23). The molecule has 23 heavy (non-hydrogen) atoms. The van der Waals surface area contributed by atoms with Crippen LogP contribution in [0.15, 0.2) is 60.7 Å². The molecule has 4 N–H and O–H groups in total. The van der Waals surface area contributed by atoms with Crippen LogP contribution < -0.4 is 21.3 Å². The van der Waals surface area contributed by atoms with Crippen molar-refractivity contribution >= 4 is 46.0 Å². The van der Waals surface area contributed by atoms with Gasteiger partial charge in [-0.1, -0.05) is 36.4 Å². The first-order valence-electron chi connectivity index (χ1n) is 7.44. The number of nitrogens with one attached hydrogen (secondary N) is 4. The van der Waals surface area contributed by atoms with Crippen molar-refractivity contribution in [3.8, 4) is 0 Å². The molecule has 2 aromatic rings. The van der Waals surface area contributed by atoms with Gasteiger partial charge in [0.2, 0.25) is 0 Å². The summed E-state index contributed by atoms with van der Waals surface area (Å²) < 4.78 is 0. The average molecular weight is 345 g/mol. The van der Waals surface area contributed by atoms with Crippen molar-refractivity contribution in [3.05, 3.63) is 60.7 Å². The number of hydrogen-bond acceptors (Lipinski definition) is 2. The molecule has 0 heterocycles. The van der Waals surface area contributed by atoms with Crippen LogP contribution in [0.1, 0.15) is 6.42 Å². The smallest absolute Gasteiger partial charge is 0.170 e. The Morgan fingerprint density at radius 3 is 1.43 bits per heavy atom. The molecule has 0 aliphatic carbocycles. The van der Waals surface area contributed by atoms with Gasteiger partial charge in [0.25, 0.3) is 0 Å². The molecule has 2 rings (SSSR count). The van der Waals surface area contributed by atoms with Crippen molar-refractivity contribution in [1.82, 2.24) is 10.6 Å². The van der Waals surface area contributed by atoms with Gasteiger partial charge in [0.15, 0.2) is 10.2 Å². The van der Waals surface area contributed by atoms with E-state index in [9.17, 15) is 0 Å². The molecule has 0 fully saturated rings. The zero-order valence-corrected chi connectivity index (χ0v) is 14.3. The van der Waals surface area contributed by atoms with Crippen LogP contribution in [0.3, 0.4) is 0 Å². The van der Waals surface area contributed by atoms with Crippen molar-refractivity contribution in [2.75, 3.05) is 23.7 Å². The predicted octanol–water partition coefficient (Wildman–Crippen LogP) is 3.35. The summed E-state index contributed by atoms with van der Waals surface area (Å²) in [6, 6.07) is 19.7. The van der Waals surface area contributed by atoms with Crippen molar-refractivity contribution in [2.45, 2.75) is 6.42 Å². The molecule has 0 aliphatic heterocycles. The highest BCUT2D eigenvalue weighted by atomic mass is 32.1. The van der Waals surface area contributed by atoms with Crippen LogP contribution in [0, 0.1) is 0 Å². The first kappa shape index (κ1) is 17.2. The fraction of sp³-hybridized carbons (Fsp3) is 0.176. The lowest BCUT2D eigenvalue weighted by atomic mass is 10.3. The van der Waals surface area contributed by atoms with E-state index < -0.39 is 0 Å². The van der Waals surface area contributed by atoms with E-state index in [1.54, 1.807) is 0 Å². The normalized spacial score (nSPS) is 9.74. The van der Waals surface area contributed by atoms with Crippen molar-refractivity contribution < 1.29 is 0 Å². The van der Waals surface area contributed by atoms with E-state index in [0.29, 0.717) is 10.2 Å². The Morgan fingerprint density at radius 2 is 1.04 bits per heavy atom.